The van der Waals surface area contributed by atoms with E-state index in [1.165, 1.54) is 0 Å². The maximum absolute atomic E-state index is 10.7. The summed E-state index contributed by atoms with van der Waals surface area (Å²) in [7, 11) is -2.04. The van der Waals surface area contributed by atoms with Gasteiger partial charge in [-0.05, 0) is 7.05 Å². The van der Waals surface area contributed by atoms with E-state index in [1.54, 1.807) is 7.05 Å². The fourth-order valence-corrected chi connectivity index (χ4v) is 1.34. The van der Waals surface area contributed by atoms with Crippen molar-refractivity contribution in [3.63, 3.8) is 0 Å². The van der Waals surface area contributed by atoms with E-state index >= 15 is 0 Å². The topological polar surface area (TPSA) is 72.5 Å². The Balaban J connectivity index is 3.92. The normalized spacial score (nSPS) is 11.1. The molecule has 0 aliphatic rings. The highest BCUT2D eigenvalue weighted by Crippen LogP contribution is 1.91. The number of hydrogen-bond donors (Lipinski definition) is 1. The third kappa shape index (κ3) is 5.81. The number of nitrogens with one attached hydrogen (secondary N) is 1. The second-order valence-corrected chi connectivity index (χ2v) is 3.63. The van der Waals surface area contributed by atoms with Crippen LogP contribution in [-0.2, 0) is 19.1 Å². The minimum Gasteiger partial charge on any atom is -0.346 e. The van der Waals surface area contributed by atoms with Crippen molar-refractivity contribution < 1.29 is 17.4 Å². The standard InChI is InChI=1S/C5H11NO4S/c1-5(7)10-11(8,9)4-3-6-2/h6H,3-4H2,1-2H3. The molecule has 0 radical (unpaired) electrons. The van der Waals surface area contributed by atoms with Crippen molar-refractivity contribution in [3.8, 4) is 0 Å². The van der Waals surface area contributed by atoms with E-state index in [0.29, 0.717) is 0 Å². The van der Waals surface area contributed by atoms with Crippen LogP contribution in [0.25, 0.3) is 0 Å². The van der Waals surface area contributed by atoms with Gasteiger partial charge in [-0.3, -0.25) is 4.79 Å². The first-order valence-corrected chi connectivity index (χ1v) is 4.63. The molecule has 0 spiro atoms. The van der Waals surface area contributed by atoms with Crippen LogP contribution in [-0.4, -0.2) is 33.7 Å². The molecule has 0 aromatic rings. The molecule has 66 valence electrons. The summed E-state index contributed by atoms with van der Waals surface area (Å²) in [5.41, 5.74) is 0. The first-order valence-electron chi connectivity index (χ1n) is 3.05. The highest BCUT2D eigenvalue weighted by molar-refractivity contribution is 7.87. The van der Waals surface area contributed by atoms with Crippen molar-refractivity contribution >= 4 is 16.1 Å². The first kappa shape index (κ1) is 10.4. The SMILES string of the molecule is CNCCS(=O)(=O)OC(C)=O. The average Bonchev–Trinajstić information content (AvgIpc) is 1.81. The van der Waals surface area contributed by atoms with Gasteiger partial charge in [0.2, 0.25) is 0 Å². The van der Waals surface area contributed by atoms with Crippen LogP contribution in [0.15, 0.2) is 0 Å². The lowest BCUT2D eigenvalue weighted by Gasteiger charge is -2.01. The largest absolute Gasteiger partial charge is 0.346 e. The van der Waals surface area contributed by atoms with Gasteiger partial charge in [-0.2, -0.15) is 8.42 Å². The molecule has 0 atom stereocenters. The van der Waals surface area contributed by atoms with E-state index in [1.807, 2.05) is 0 Å². The Morgan fingerprint density at radius 3 is 2.45 bits per heavy atom. The first-order chi connectivity index (χ1) is 4.98. The smallest absolute Gasteiger partial charge is 0.319 e. The highest BCUT2D eigenvalue weighted by Gasteiger charge is 2.12. The van der Waals surface area contributed by atoms with Crippen LogP contribution in [0.2, 0.25) is 0 Å². The summed E-state index contributed by atoms with van der Waals surface area (Å²) >= 11 is 0. The lowest BCUT2D eigenvalue weighted by molar-refractivity contribution is -0.131. The molecule has 0 unspecified atom stereocenters. The molecule has 1 N–H and O–H groups in total. The molecule has 11 heavy (non-hydrogen) atoms. The Hall–Kier alpha value is -0.620. The molecule has 0 aromatic heterocycles. The zero-order valence-electron chi connectivity index (χ0n) is 6.46. The third-order valence-electron chi connectivity index (χ3n) is 0.846. The Morgan fingerprint density at radius 2 is 2.09 bits per heavy atom. The predicted octanol–water partition coefficient (Wildman–Crippen LogP) is -0.901. The molecule has 0 bridgehead atoms. The monoisotopic (exact) mass is 181 g/mol. The summed E-state index contributed by atoms with van der Waals surface area (Å²) < 4.78 is 25.5. The fraction of sp³-hybridized carbons (Fsp3) is 0.800. The predicted molar refractivity (Wildman–Crippen MR) is 39.5 cm³/mol. The van der Waals surface area contributed by atoms with Crippen LogP contribution in [0.5, 0.6) is 0 Å². The van der Waals surface area contributed by atoms with Gasteiger partial charge in [-0.15, -0.1) is 0 Å². The van der Waals surface area contributed by atoms with Crippen molar-refractivity contribution in [2.45, 2.75) is 6.92 Å². The van der Waals surface area contributed by atoms with E-state index in [9.17, 15) is 13.2 Å². The van der Waals surface area contributed by atoms with Crippen LogP contribution in [0.1, 0.15) is 6.92 Å². The Labute approximate surface area is 65.9 Å². The van der Waals surface area contributed by atoms with Gasteiger partial charge in [0.15, 0.2) is 0 Å². The van der Waals surface area contributed by atoms with Crippen LogP contribution in [0, 0.1) is 0 Å². The number of hydrogen-bond acceptors (Lipinski definition) is 5. The van der Waals surface area contributed by atoms with E-state index in [-0.39, 0.29) is 12.3 Å². The molecule has 0 amide bonds. The number of rotatable bonds is 4. The fourth-order valence-electron chi connectivity index (χ4n) is 0.448. The van der Waals surface area contributed by atoms with Gasteiger partial charge in [-0.25, -0.2) is 0 Å². The Morgan fingerprint density at radius 1 is 1.55 bits per heavy atom. The molecule has 0 fully saturated rings. The van der Waals surface area contributed by atoms with Crippen molar-refractivity contribution in [1.82, 2.24) is 5.32 Å². The molecule has 0 aliphatic carbocycles. The van der Waals surface area contributed by atoms with E-state index in [2.05, 4.69) is 9.50 Å². The minimum absolute atomic E-state index is 0.191. The highest BCUT2D eigenvalue weighted by atomic mass is 32.2. The summed E-state index contributed by atoms with van der Waals surface area (Å²) in [5.74, 6) is -0.996. The van der Waals surface area contributed by atoms with Crippen LogP contribution in [0.4, 0.5) is 0 Å². The summed E-state index contributed by atoms with van der Waals surface area (Å²) in [6.45, 7) is 1.33. The molecule has 5 nitrogen and oxygen atoms in total. The van der Waals surface area contributed by atoms with Crippen LogP contribution >= 0.6 is 0 Å². The second-order valence-electron chi connectivity index (χ2n) is 1.94. The van der Waals surface area contributed by atoms with Gasteiger partial charge in [0.25, 0.3) is 0 Å². The Bertz CT molecular complexity index is 221. The lowest BCUT2D eigenvalue weighted by Crippen LogP contribution is -2.22. The van der Waals surface area contributed by atoms with Crippen molar-refractivity contribution in [3.05, 3.63) is 0 Å². The van der Waals surface area contributed by atoms with Gasteiger partial charge < -0.3 is 9.50 Å². The van der Waals surface area contributed by atoms with Crippen molar-refractivity contribution in [2.75, 3.05) is 19.3 Å². The molecular weight excluding hydrogens is 170 g/mol. The molecule has 0 saturated carbocycles. The molecule has 6 heteroatoms. The maximum Gasteiger partial charge on any atom is 0.319 e. The van der Waals surface area contributed by atoms with Gasteiger partial charge in [0, 0.05) is 13.5 Å². The van der Waals surface area contributed by atoms with Gasteiger partial charge in [-0.1, -0.05) is 0 Å². The van der Waals surface area contributed by atoms with E-state index < -0.39 is 16.1 Å². The summed E-state index contributed by atoms with van der Waals surface area (Å²) in [6, 6.07) is 0. The third-order valence-corrected chi connectivity index (χ3v) is 2.04. The molecule has 0 aliphatic heterocycles. The molecule has 0 rings (SSSR count). The zero-order valence-corrected chi connectivity index (χ0v) is 7.27. The lowest BCUT2D eigenvalue weighted by atomic mass is 10.8. The average molecular weight is 181 g/mol. The van der Waals surface area contributed by atoms with Gasteiger partial charge >= 0.3 is 16.1 Å². The second kappa shape index (κ2) is 4.30. The van der Waals surface area contributed by atoms with Crippen LogP contribution in [0.3, 0.4) is 0 Å². The van der Waals surface area contributed by atoms with Gasteiger partial charge in [0.05, 0.1) is 5.75 Å². The quantitative estimate of drug-likeness (QED) is 0.569. The molecule has 0 heterocycles. The van der Waals surface area contributed by atoms with Crippen molar-refractivity contribution in [2.24, 2.45) is 0 Å². The van der Waals surface area contributed by atoms with Gasteiger partial charge in [0.1, 0.15) is 0 Å². The van der Waals surface area contributed by atoms with Crippen molar-refractivity contribution in [1.29, 1.82) is 0 Å². The summed E-state index contributed by atoms with van der Waals surface area (Å²) in [5, 5.41) is 2.63. The zero-order chi connectivity index (χ0) is 8.91. The molecular formula is C5H11NO4S. The molecule has 0 saturated heterocycles. The van der Waals surface area contributed by atoms with Crippen LogP contribution < -0.4 is 5.32 Å². The summed E-state index contributed by atoms with van der Waals surface area (Å²) in [6.07, 6.45) is 0. The Kier molecular flexibility index (Phi) is 4.06. The van der Waals surface area contributed by atoms with E-state index in [4.69, 9.17) is 0 Å². The number of carbonyl (C=O) groups excluding carboxylic acids is 1. The molecule has 0 aromatic carbocycles. The van der Waals surface area contributed by atoms with E-state index in [0.717, 1.165) is 6.92 Å². The maximum atomic E-state index is 10.7. The number of carbonyl (C=O) groups is 1. The summed E-state index contributed by atoms with van der Waals surface area (Å²) in [4.78, 5) is 10.2. The minimum atomic E-state index is -3.66.